The van der Waals surface area contributed by atoms with Gasteiger partial charge >= 0.3 is 6.03 Å². The average Bonchev–Trinajstić information content (AvgIpc) is 3.47. The molecular weight excluding hydrogens is 514 g/mol. The van der Waals surface area contributed by atoms with Crippen LogP contribution in [0.3, 0.4) is 0 Å². The van der Waals surface area contributed by atoms with Crippen LogP contribution in [0.25, 0.3) is 0 Å². The minimum Gasteiger partial charge on any atom is -0.381 e. The molecule has 8 nitrogen and oxygen atoms in total. The Balaban J connectivity index is 1.20. The van der Waals surface area contributed by atoms with Crippen molar-refractivity contribution >= 4 is 23.5 Å². The molecule has 3 heterocycles. The van der Waals surface area contributed by atoms with Crippen LogP contribution in [0.2, 0.25) is 0 Å². The molecule has 1 aliphatic carbocycles. The largest absolute Gasteiger partial charge is 0.381 e. The summed E-state index contributed by atoms with van der Waals surface area (Å²) in [5, 5.41) is 10.0. The van der Waals surface area contributed by atoms with Crippen molar-refractivity contribution in [2.45, 2.75) is 70.0 Å². The molecule has 41 heavy (non-hydrogen) atoms. The van der Waals surface area contributed by atoms with E-state index in [-0.39, 0.29) is 41.9 Å². The maximum absolute atomic E-state index is 14.4. The molecule has 0 bridgehead atoms. The highest BCUT2D eigenvalue weighted by atomic mass is 16.2. The first-order valence-corrected chi connectivity index (χ1v) is 15.6. The van der Waals surface area contributed by atoms with Crippen molar-refractivity contribution in [2.24, 2.45) is 17.8 Å². The van der Waals surface area contributed by atoms with E-state index in [2.05, 4.69) is 45.1 Å². The summed E-state index contributed by atoms with van der Waals surface area (Å²) in [6.07, 6.45) is 6.58. The second-order valence-electron chi connectivity index (χ2n) is 12.2. The number of carbonyl (C=O) groups excluding carboxylic acids is 3. The number of benzene rings is 2. The van der Waals surface area contributed by atoms with Crippen LogP contribution in [0.1, 0.15) is 73.8 Å². The first kappa shape index (κ1) is 27.6. The number of piperidine rings is 1. The maximum Gasteiger partial charge on any atom is 0.317 e. The summed E-state index contributed by atoms with van der Waals surface area (Å²) in [7, 11) is 0. The number of hydrogen-bond donors (Lipinski definition) is 3. The highest BCUT2D eigenvalue weighted by molar-refractivity contribution is 5.95. The zero-order valence-corrected chi connectivity index (χ0v) is 24.1. The number of urea groups is 1. The molecule has 3 aliphatic heterocycles. The third-order valence-corrected chi connectivity index (χ3v) is 9.89. The van der Waals surface area contributed by atoms with Crippen molar-refractivity contribution in [3.05, 3.63) is 65.7 Å². The lowest BCUT2D eigenvalue weighted by atomic mass is 9.74. The molecule has 5 atom stereocenters. The number of fused-ring (bicyclic) bond motifs is 3. The first-order valence-electron chi connectivity index (χ1n) is 15.6. The zero-order valence-electron chi connectivity index (χ0n) is 24.1. The molecule has 0 radical (unpaired) electrons. The van der Waals surface area contributed by atoms with Crippen molar-refractivity contribution in [1.29, 1.82) is 0 Å². The summed E-state index contributed by atoms with van der Waals surface area (Å²) >= 11 is 0. The zero-order chi connectivity index (χ0) is 28.3. The van der Waals surface area contributed by atoms with Crippen LogP contribution in [0.5, 0.6) is 0 Å². The van der Waals surface area contributed by atoms with Gasteiger partial charge in [-0.3, -0.25) is 9.59 Å². The monoisotopic (exact) mass is 557 g/mol. The van der Waals surface area contributed by atoms with E-state index in [1.807, 2.05) is 42.2 Å². The molecule has 8 heteroatoms. The van der Waals surface area contributed by atoms with Crippen LogP contribution < -0.4 is 16.0 Å². The molecule has 2 saturated heterocycles. The van der Waals surface area contributed by atoms with Gasteiger partial charge in [0.15, 0.2) is 0 Å². The number of anilines is 1. The van der Waals surface area contributed by atoms with Gasteiger partial charge in [0.05, 0.1) is 12.0 Å². The van der Waals surface area contributed by atoms with Gasteiger partial charge in [-0.15, -0.1) is 0 Å². The number of para-hydroxylation sites is 1. The molecular formula is C33H43N5O3. The van der Waals surface area contributed by atoms with Crippen molar-refractivity contribution in [1.82, 2.24) is 20.4 Å². The van der Waals surface area contributed by atoms with E-state index in [0.29, 0.717) is 23.9 Å². The summed E-state index contributed by atoms with van der Waals surface area (Å²) in [6.45, 7) is 4.87. The topological polar surface area (TPSA) is 93.8 Å². The normalized spacial score (nSPS) is 27.8. The van der Waals surface area contributed by atoms with E-state index < -0.39 is 0 Å². The van der Waals surface area contributed by atoms with E-state index in [4.69, 9.17) is 0 Å². The van der Waals surface area contributed by atoms with Gasteiger partial charge < -0.3 is 25.8 Å². The molecule has 0 aromatic heterocycles. The van der Waals surface area contributed by atoms with Crippen molar-refractivity contribution in [2.75, 3.05) is 31.5 Å². The fraction of sp³-hybridized carbons (Fsp3) is 0.545. The van der Waals surface area contributed by atoms with Crippen molar-refractivity contribution < 1.29 is 14.4 Å². The van der Waals surface area contributed by atoms with Crippen LogP contribution in [-0.2, 0) is 4.79 Å². The predicted octanol–water partition coefficient (Wildman–Crippen LogP) is 4.80. The summed E-state index contributed by atoms with van der Waals surface area (Å²) in [6, 6.07) is 18.0. The molecule has 3 N–H and O–H groups in total. The van der Waals surface area contributed by atoms with Crippen LogP contribution >= 0.6 is 0 Å². The van der Waals surface area contributed by atoms with Gasteiger partial charge in [0.25, 0.3) is 5.91 Å². The van der Waals surface area contributed by atoms with Gasteiger partial charge in [0.1, 0.15) is 0 Å². The average molecular weight is 558 g/mol. The number of nitrogens with one attached hydrogen (secondary N) is 3. The van der Waals surface area contributed by atoms with E-state index in [1.54, 1.807) is 0 Å². The van der Waals surface area contributed by atoms with Crippen LogP contribution in [0.4, 0.5) is 10.5 Å². The Morgan fingerprint density at radius 2 is 1.61 bits per heavy atom. The first-order chi connectivity index (χ1) is 20.0. The number of carbonyl (C=O) groups is 3. The lowest BCUT2D eigenvalue weighted by Crippen LogP contribution is -2.52. The smallest absolute Gasteiger partial charge is 0.317 e. The molecule has 218 valence electrons. The Bertz CT molecular complexity index is 1240. The minimum absolute atomic E-state index is 0.0322. The Kier molecular flexibility index (Phi) is 8.17. The summed E-state index contributed by atoms with van der Waals surface area (Å²) in [5.74, 6) is 0.675. The Morgan fingerprint density at radius 1 is 0.878 bits per heavy atom. The van der Waals surface area contributed by atoms with Gasteiger partial charge in [0, 0.05) is 55.4 Å². The molecule has 0 spiro atoms. The van der Waals surface area contributed by atoms with Crippen LogP contribution in [0.15, 0.2) is 54.6 Å². The van der Waals surface area contributed by atoms with Gasteiger partial charge in [-0.1, -0.05) is 49.2 Å². The summed E-state index contributed by atoms with van der Waals surface area (Å²) in [5.41, 5.74) is 2.97. The predicted molar refractivity (Wildman–Crippen MR) is 159 cm³/mol. The quantitative estimate of drug-likeness (QED) is 0.492. The third-order valence-electron chi connectivity index (χ3n) is 9.89. The lowest BCUT2D eigenvalue weighted by molar-refractivity contribution is -0.139. The van der Waals surface area contributed by atoms with Gasteiger partial charge in [-0.25, -0.2) is 4.79 Å². The van der Waals surface area contributed by atoms with Gasteiger partial charge in [-0.05, 0) is 68.7 Å². The number of hydrogen-bond acceptors (Lipinski definition) is 4. The molecule has 2 aromatic carbocycles. The molecule has 2 aromatic rings. The molecule has 4 aliphatic rings. The SMILES string of the molecule is CCNC(=O)N1CCC([C@@H]2Nc3ccccc3[C@H]3[C@@H]2CCN3C(=O)[C@H]2CCCC[C@H]2NC(=O)c2ccccc2)CC1. The number of amides is 4. The Morgan fingerprint density at radius 3 is 2.39 bits per heavy atom. The van der Waals surface area contributed by atoms with Crippen molar-refractivity contribution in [3.8, 4) is 0 Å². The molecule has 4 amide bonds. The van der Waals surface area contributed by atoms with Crippen LogP contribution in [-0.4, -0.2) is 65.9 Å². The Hall–Kier alpha value is -3.55. The Labute approximate surface area is 243 Å². The molecule has 0 unspecified atom stereocenters. The van der Waals surface area contributed by atoms with Crippen LogP contribution in [0, 0.1) is 17.8 Å². The van der Waals surface area contributed by atoms with E-state index >= 15 is 0 Å². The summed E-state index contributed by atoms with van der Waals surface area (Å²) in [4.78, 5) is 43.9. The molecule has 1 saturated carbocycles. The highest BCUT2D eigenvalue weighted by Gasteiger charge is 2.50. The molecule has 6 rings (SSSR count). The van der Waals surface area contributed by atoms with Gasteiger partial charge in [0.2, 0.25) is 5.91 Å². The standard InChI is InChI=1S/C33H43N5O3/c1-2-34-33(41)37-19-16-22(17-20-37)29-26-18-21-38(30(26)24-12-6-8-14-27(24)35-29)32(40)25-13-7-9-15-28(25)36-31(39)23-10-4-3-5-11-23/h3-6,8,10-12,14,22,25-26,28-30,35H,2,7,9,13,15-21H2,1H3,(H,34,41)(H,36,39)/t25-,26+,28+,29-,30-/m0/s1. The van der Waals surface area contributed by atoms with Gasteiger partial charge in [-0.2, -0.15) is 0 Å². The third kappa shape index (κ3) is 5.53. The minimum atomic E-state index is -0.198. The van der Waals surface area contributed by atoms with E-state index in [1.165, 1.54) is 5.56 Å². The van der Waals surface area contributed by atoms with E-state index in [9.17, 15) is 14.4 Å². The summed E-state index contributed by atoms with van der Waals surface area (Å²) < 4.78 is 0. The second kappa shape index (κ2) is 12.1. The number of nitrogens with zero attached hydrogens (tertiary/aromatic N) is 2. The lowest BCUT2D eigenvalue weighted by Gasteiger charge is -2.46. The fourth-order valence-electron chi connectivity index (χ4n) is 7.86. The fourth-order valence-corrected chi connectivity index (χ4v) is 7.86. The maximum atomic E-state index is 14.4. The number of rotatable bonds is 5. The molecule has 3 fully saturated rings. The van der Waals surface area contributed by atoms with E-state index in [0.717, 1.165) is 70.3 Å². The number of likely N-dealkylation sites (tertiary alicyclic amines) is 2. The highest BCUT2D eigenvalue weighted by Crippen LogP contribution is 2.50. The van der Waals surface area contributed by atoms with Crippen molar-refractivity contribution in [3.63, 3.8) is 0 Å². The second-order valence-corrected chi connectivity index (χ2v) is 12.2.